The minimum absolute atomic E-state index is 0.0178. The van der Waals surface area contributed by atoms with Crippen LogP contribution in [0.2, 0.25) is 0 Å². The molecule has 0 amide bonds. The minimum atomic E-state index is -3.95. The summed E-state index contributed by atoms with van der Waals surface area (Å²) in [6.45, 7) is 1.74. The molecule has 0 atom stereocenters. The number of ether oxygens (including phenoxy) is 1. The van der Waals surface area contributed by atoms with E-state index in [4.69, 9.17) is 10.5 Å². The molecular weight excluding hydrogens is 296 g/mol. The molecule has 0 aliphatic rings. The molecule has 0 fully saturated rings. The number of H-pyrrole nitrogens is 1. The molecule has 1 heterocycles. The van der Waals surface area contributed by atoms with Gasteiger partial charge >= 0.3 is 0 Å². The maximum Gasteiger partial charge on any atom is 0.266 e. The molecule has 9 heteroatoms. The summed E-state index contributed by atoms with van der Waals surface area (Å²) in [5, 5.41) is 5.72. The number of hydrogen-bond donors (Lipinski definition) is 3. The molecular formula is C12H14N4O4S. The van der Waals surface area contributed by atoms with Crippen LogP contribution in [0.15, 0.2) is 34.0 Å². The highest BCUT2D eigenvalue weighted by Crippen LogP contribution is 2.29. The quantitative estimate of drug-likeness (QED) is 0.704. The molecule has 2 rings (SSSR count). The van der Waals surface area contributed by atoms with E-state index in [-0.39, 0.29) is 16.5 Å². The summed E-state index contributed by atoms with van der Waals surface area (Å²) in [6.07, 6.45) is 0. The highest BCUT2D eigenvalue weighted by molar-refractivity contribution is 7.92. The predicted molar refractivity (Wildman–Crippen MR) is 77.8 cm³/mol. The molecule has 0 radical (unpaired) electrons. The number of nitrogens with zero attached hydrogens (tertiary/aromatic N) is 1. The van der Waals surface area contributed by atoms with Crippen molar-refractivity contribution in [3.05, 3.63) is 40.2 Å². The normalized spacial score (nSPS) is 11.1. The zero-order valence-corrected chi connectivity index (χ0v) is 12.2. The van der Waals surface area contributed by atoms with Crippen molar-refractivity contribution in [2.75, 3.05) is 17.6 Å². The first-order chi connectivity index (χ1) is 9.83. The van der Waals surface area contributed by atoms with Gasteiger partial charge in [-0.2, -0.15) is 5.10 Å². The van der Waals surface area contributed by atoms with Crippen molar-refractivity contribution in [1.82, 2.24) is 10.2 Å². The number of aryl methyl sites for hydroxylation is 1. The number of aromatic nitrogens is 2. The van der Waals surface area contributed by atoms with E-state index in [2.05, 4.69) is 14.9 Å². The van der Waals surface area contributed by atoms with Crippen LogP contribution in [-0.2, 0) is 10.0 Å². The summed E-state index contributed by atoms with van der Waals surface area (Å²) in [7, 11) is -2.58. The van der Waals surface area contributed by atoms with Gasteiger partial charge in [-0.05, 0) is 30.7 Å². The topological polar surface area (TPSA) is 127 Å². The van der Waals surface area contributed by atoms with Crippen molar-refractivity contribution in [2.45, 2.75) is 11.8 Å². The third-order valence-corrected chi connectivity index (χ3v) is 4.14. The number of nitrogens with one attached hydrogen (secondary N) is 2. The second kappa shape index (κ2) is 5.44. The van der Waals surface area contributed by atoms with Gasteiger partial charge in [0.2, 0.25) is 0 Å². The number of hydrogen-bond acceptors (Lipinski definition) is 6. The molecule has 0 unspecified atom stereocenters. The summed E-state index contributed by atoms with van der Waals surface area (Å²) in [4.78, 5) is 10.8. The third-order valence-electron chi connectivity index (χ3n) is 2.76. The van der Waals surface area contributed by atoms with Crippen LogP contribution >= 0.6 is 0 Å². The van der Waals surface area contributed by atoms with E-state index in [1.165, 1.54) is 25.3 Å². The maximum absolute atomic E-state index is 12.4. The molecule has 8 nitrogen and oxygen atoms in total. The second-order valence-electron chi connectivity index (χ2n) is 4.27. The molecule has 0 spiro atoms. The van der Waals surface area contributed by atoms with E-state index < -0.39 is 15.6 Å². The lowest BCUT2D eigenvalue weighted by Gasteiger charge is -2.13. The van der Waals surface area contributed by atoms with E-state index in [1.54, 1.807) is 6.92 Å². The monoisotopic (exact) mass is 310 g/mol. The van der Waals surface area contributed by atoms with E-state index in [0.29, 0.717) is 11.3 Å². The standard InChI is InChI=1S/C12H14N4O4S/c1-7-5-9(20-2)10(6-8(7)13)21(18,19)16-11-3-4-12(17)15-14-11/h3-6H,13H2,1-2H3,(H,14,16)(H,15,17). The Hall–Kier alpha value is -2.55. The first kappa shape index (κ1) is 14.9. The fourth-order valence-corrected chi connectivity index (χ4v) is 2.83. The average molecular weight is 310 g/mol. The second-order valence-corrected chi connectivity index (χ2v) is 5.92. The van der Waals surface area contributed by atoms with Gasteiger partial charge in [0, 0.05) is 11.8 Å². The fourth-order valence-electron chi connectivity index (χ4n) is 1.64. The molecule has 1 aromatic carbocycles. The van der Waals surface area contributed by atoms with Gasteiger partial charge in [0.25, 0.3) is 15.6 Å². The van der Waals surface area contributed by atoms with Crippen LogP contribution < -0.4 is 20.8 Å². The Balaban J connectivity index is 2.46. The van der Waals surface area contributed by atoms with Gasteiger partial charge in [-0.15, -0.1) is 0 Å². The van der Waals surface area contributed by atoms with Crippen LogP contribution in [-0.4, -0.2) is 25.7 Å². The Morgan fingerprint density at radius 3 is 2.62 bits per heavy atom. The van der Waals surface area contributed by atoms with Crippen molar-refractivity contribution in [3.8, 4) is 5.75 Å². The van der Waals surface area contributed by atoms with Gasteiger partial charge in [0.1, 0.15) is 10.6 Å². The fraction of sp³-hybridized carbons (Fsp3) is 0.167. The lowest BCUT2D eigenvalue weighted by Crippen LogP contribution is -2.17. The molecule has 112 valence electrons. The van der Waals surface area contributed by atoms with Crippen molar-refractivity contribution in [3.63, 3.8) is 0 Å². The zero-order chi connectivity index (χ0) is 15.6. The lowest BCUT2D eigenvalue weighted by molar-refractivity contribution is 0.402. The van der Waals surface area contributed by atoms with Crippen LogP contribution in [0.3, 0.4) is 0 Å². The minimum Gasteiger partial charge on any atom is -0.495 e. The number of aromatic amines is 1. The van der Waals surface area contributed by atoms with E-state index in [0.717, 1.165) is 6.07 Å². The first-order valence-corrected chi connectivity index (χ1v) is 7.34. The summed E-state index contributed by atoms with van der Waals surface area (Å²) in [6, 6.07) is 5.25. The molecule has 21 heavy (non-hydrogen) atoms. The van der Waals surface area contributed by atoms with Crippen LogP contribution in [0.5, 0.6) is 5.75 Å². The number of anilines is 2. The number of benzene rings is 1. The summed E-state index contributed by atoms with van der Waals surface area (Å²) in [5.74, 6) is 0.148. The van der Waals surface area contributed by atoms with Crippen LogP contribution in [0.1, 0.15) is 5.56 Å². The Labute approximate surface area is 121 Å². The zero-order valence-electron chi connectivity index (χ0n) is 11.4. The van der Waals surface area contributed by atoms with Gasteiger partial charge < -0.3 is 10.5 Å². The number of nitrogens with two attached hydrogens (primary N) is 1. The highest BCUT2D eigenvalue weighted by atomic mass is 32.2. The number of methoxy groups -OCH3 is 1. The van der Waals surface area contributed by atoms with Crippen molar-refractivity contribution in [2.24, 2.45) is 0 Å². The molecule has 0 saturated heterocycles. The molecule has 0 saturated carbocycles. The van der Waals surface area contributed by atoms with Gasteiger partial charge in [-0.3, -0.25) is 9.52 Å². The Morgan fingerprint density at radius 1 is 1.33 bits per heavy atom. The number of nitrogen functional groups attached to an aromatic ring is 1. The third kappa shape index (κ3) is 3.14. The van der Waals surface area contributed by atoms with Crippen molar-refractivity contribution >= 4 is 21.5 Å². The van der Waals surface area contributed by atoms with E-state index in [9.17, 15) is 13.2 Å². The first-order valence-electron chi connectivity index (χ1n) is 5.86. The van der Waals surface area contributed by atoms with Crippen molar-refractivity contribution in [1.29, 1.82) is 0 Å². The molecule has 2 aromatic rings. The van der Waals surface area contributed by atoms with Gasteiger partial charge in [-0.1, -0.05) is 0 Å². The number of rotatable bonds is 4. The Kier molecular flexibility index (Phi) is 3.85. The summed E-state index contributed by atoms with van der Waals surface area (Å²) < 4.78 is 32.0. The highest BCUT2D eigenvalue weighted by Gasteiger charge is 2.21. The van der Waals surface area contributed by atoms with Crippen LogP contribution in [0.4, 0.5) is 11.5 Å². The average Bonchev–Trinajstić information content (AvgIpc) is 2.43. The van der Waals surface area contributed by atoms with Crippen molar-refractivity contribution < 1.29 is 13.2 Å². The molecule has 0 aliphatic carbocycles. The van der Waals surface area contributed by atoms with Gasteiger partial charge in [-0.25, -0.2) is 13.5 Å². The van der Waals surface area contributed by atoms with E-state index in [1.807, 2.05) is 0 Å². The lowest BCUT2D eigenvalue weighted by atomic mass is 10.2. The number of sulfonamides is 1. The largest absolute Gasteiger partial charge is 0.495 e. The Morgan fingerprint density at radius 2 is 2.05 bits per heavy atom. The van der Waals surface area contributed by atoms with Crippen LogP contribution in [0, 0.1) is 6.92 Å². The molecule has 1 aromatic heterocycles. The molecule has 0 bridgehead atoms. The summed E-state index contributed by atoms with van der Waals surface area (Å²) >= 11 is 0. The smallest absolute Gasteiger partial charge is 0.266 e. The van der Waals surface area contributed by atoms with Crippen LogP contribution in [0.25, 0.3) is 0 Å². The van der Waals surface area contributed by atoms with Gasteiger partial charge in [0.05, 0.1) is 7.11 Å². The molecule has 4 N–H and O–H groups in total. The maximum atomic E-state index is 12.4. The predicted octanol–water partition coefficient (Wildman–Crippen LogP) is 0.470. The van der Waals surface area contributed by atoms with Gasteiger partial charge in [0.15, 0.2) is 5.82 Å². The Bertz CT molecular complexity index is 809. The molecule has 0 aliphatic heterocycles. The van der Waals surface area contributed by atoms with E-state index >= 15 is 0 Å². The summed E-state index contributed by atoms with van der Waals surface area (Å²) in [5.41, 5.74) is 6.33. The SMILES string of the molecule is COc1cc(C)c(N)cc1S(=O)(=O)Nc1ccc(=O)[nH]n1.